The SMILES string of the molecule is CCCCC1=[C-]CC=C1CCCC.CCCCC1=[C-]CC=C1CCCC.Cl.Cl.[Zr+2]. The van der Waals surface area contributed by atoms with Gasteiger partial charge in [-0.25, -0.2) is 11.1 Å². The minimum atomic E-state index is 0. The van der Waals surface area contributed by atoms with E-state index in [0.29, 0.717) is 0 Å². The average molecular weight is 519 g/mol. The molecule has 0 spiro atoms. The van der Waals surface area contributed by atoms with E-state index in [1.54, 1.807) is 11.1 Å². The zero-order valence-electron chi connectivity index (χ0n) is 19.4. The van der Waals surface area contributed by atoms with Crippen molar-refractivity contribution in [2.24, 2.45) is 0 Å². The van der Waals surface area contributed by atoms with Crippen molar-refractivity contribution in [3.63, 3.8) is 0 Å². The molecule has 0 saturated heterocycles. The van der Waals surface area contributed by atoms with Gasteiger partial charge in [-0.15, -0.1) is 37.7 Å². The molecule has 0 amide bonds. The maximum Gasteiger partial charge on any atom is 2.00 e. The van der Waals surface area contributed by atoms with Crippen LogP contribution in [0.5, 0.6) is 0 Å². The molecule has 0 unspecified atom stereocenters. The van der Waals surface area contributed by atoms with E-state index in [9.17, 15) is 0 Å². The van der Waals surface area contributed by atoms with Gasteiger partial charge in [0.25, 0.3) is 0 Å². The molecule has 0 aromatic rings. The van der Waals surface area contributed by atoms with Crippen LogP contribution >= 0.6 is 24.8 Å². The number of allylic oxidation sites excluding steroid dienone is 8. The quantitative estimate of drug-likeness (QED) is 0.226. The first-order valence-corrected chi connectivity index (χ1v) is 11.3. The summed E-state index contributed by atoms with van der Waals surface area (Å²) in [6, 6.07) is 0. The Morgan fingerprint density at radius 1 is 0.586 bits per heavy atom. The zero-order chi connectivity index (χ0) is 19.0. The number of rotatable bonds is 12. The normalized spacial score (nSPS) is 14.2. The molecule has 0 bridgehead atoms. The van der Waals surface area contributed by atoms with Crippen LogP contribution in [0.4, 0.5) is 0 Å². The van der Waals surface area contributed by atoms with Crippen LogP contribution in [0.1, 0.15) is 118 Å². The van der Waals surface area contributed by atoms with Crippen molar-refractivity contribution in [3.8, 4) is 0 Å². The predicted octanol–water partition coefficient (Wildman–Crippen LogP) is 9.69. The molecule has 2 aliphatic rings. The first-order valence-electron chi connectivity index (χ1n) is 11.3. The minimum absolute atomic E-state index is 0. The predicted molar refractivity (Wildman–Crippen MR) is 132 cm³/mol. The molecule has 0 nitrogen and oxygen atoms in total. The molecule has 2 aliphatic carbocycles. The zero-order valence-corrected chi connectivity index (χ0v) is 23.5. The molecule has 0 N–H and O–H groups in total. The number of hydrogen-bond acceptors (Lipinski definition) is 0. The van der Waals surface area contributed by atoms with E-state index in [0.717, 1.165) is 12.8 Å². The maximum absolute atomic E-state index is 3.47. The third-order valence-electron chi connectivity index (χ3n) is 5.26. The van der Waals surface area contributed by atoms with Gasteiger partial charge in [0.1, 0.15) is 0 Å². The van der Waals surface area contributed by atoms with Crippen molar-refractivity contribution in [3.05, 3.63) is 46.6 Å². The summed E-state index contributed by atoms with van der Waals surface area (Å²) in [5, 5.41) is 0. The standard InChI is InChI=1S/2C13H21.2ClH.Zr/c2*1-3-5-8-12-10-7-11-13(12)9-6-4-2;;;/h2*10H,3-9H2,1-2H3;2*1H;/q2*-1;;;+2. The molecular weight excluding hydrogens is 474 g/mol. The van der Waals surface area contributed by atoms with E-state index >= 15 is 0 Å². The molecule has 0 atom stereocenters. The van der Waals surface area contributed by atoms with Gasteiger partial charge in [-0.3, -0.25) is 12.2 Å². The molecule has 29 heavy (non-hydrogen) atoms. The van der Waals surface area contributed by atoms with Crippen molar-refractivity contribution in [2.45, 2.75) is 118 Å². The largest absolute Gasteiger partial charge is 2.00 e. The van der Waals surface area contributed by atoms with E-state index in [-0.39, 0.29) is 51.0 Å². The van der Waals surface area contributed by atoms with Crippen LogP contribution in [0.15, 0.2) is 34.4 Å². The van der Waals surface area contributed by atoms with Crippen LogP contribution in [0.2, 0.25) is 0 Å². The second-order valence-electron chi connectivity index (χ2n) is 7.59. The summed E-state index contributed by atoms with van der Waals surface area (Å²) >= 11 is 0. The third kappa shape index (κ3) is 15.0. The van der Waals surface area contributed by atoms with Crippen molar-refractivity contribution in [2.75, 3.05) is 0 Å². The van der Waals surface area contributed by atoms with Crippen LogP contribution in [0.25, 0.3) is 0 Å². The fourth-order valence-electron chi connectivity index (χ4n) is 3.51. The van der Waals surface area contributed by atoms with E-state index in [1.165, 1.54) is 88.2 Å². The minimum Gasteiger partial charge on any atom is -0.269 e. The summed E-state index contributed by atoms with van der Waals surface area (Å²) in [5.74, 6) is 0. The Kier molecular flexibility index (Phi) is 27.1. The van der Waals surface area contributed by atoms with Gasteiger partial charge >= 0.3 is 26.2 Å². The summed E-state index contributed by atoms with van der Waals surface area (Å²) in [4.78, 5) is 0. The second kappa shape index (κ2) is 23.1. The fraction of sp³-hybridized carbons (Fsp3) is 0.692. The molecule has 0 aromatic heterocycles. The first-order chi connectivity index (χ1) is 12.8. The Morgan fingerprint density at radius 2 is 0.897 bits per heavy atom. The number of hydrogen-bond donors (Lipinski definition) is 0. The summed E-state index contributed by atoms with van der Waals surface area (Å²) in [5.41, 5.74) is 6.23. The van der Waals surface area contributed by atoms with E-state index in [1.807, 2.05) is 0 Å². The van der Waals surface area contributed by atoms with Crippen molar-refractivity contribution in [1.82, 2.24) is 0 Å². The first kappa shape index (κ1) is 34.0. The van der Waals surface area contributed by atoms with Crippen molar-refractivity contribution in [1.29, 1.82) is 0 Å². The van der Waals surface area contributed by atoms with Gasteiger partial charge in [-0.05, 0) is 0 Å². The molecule has 0 radical (unpaired) electrons. The third-order valence-corrected chi connectivity index (χ3v) is 5.26. The van der Waals surface area contributed by atoms with Gasteiger partial charge in [0.15, 0.2) is 0 Å². The van der Waals surface area contributed by atoms with E-state index in [4.69, 9.17) is 0 Å². The van der Waals surface area contributed by atoms with Crippen LogP contribution in [-0.2, 0) is 26.2 Å². The molecule has 0 fully saturated rings. The molecular formula is C26H44Cl2Zr. The Morgan fingerprint density at radius 3 is 1.21 bits per heavy atom. The number of halogens is 2. The average Bonchev–Trinajstić information content (AvgIpc) is 3.30. The number of unbranched alkanes of at least 4 members (excludes halogenated alkanes) is 4. The van der Waals surface area contributed by atoms with Crippen LogP contribution in [0.3, 0.4) is 0 Å². The Labute approximate surface area is 214 Å². The summed E-state index contributed by atoms with van der Waals surface area (Å²) in [6.45, 7) is 9.03. The van der Waals surface area contributed by atoms with Gasteiger partial charge in [-0.1, -0.05) is 105 Å². The molecule has 3 heteroatoms. The summed E-state index contributed by atoms with van der Waals surface area (Å²) < 4.78 is 0. The maximum atomic E-state index is 3.47. The Balaban J connectivity index is -0.000000422. The van der Waals surface area contributed by atoms with Crippen molar-refractivity contribution >= 4 is 24.8 Å². The van der Waals surface area contributed by atoms with E-state index in [2.05, 4.69) is 52.0 Å². The van der Waals surface area contributed by atoms with Gasteiger partial charge in [0.05, 0.1) is 0 Å². The van der Waals surface area contributed by atoms with Crippen LogP contribution < -0.4 is 0 Å². The smallest absolute Gasteiger partial charge is 0.269 e. The topological polar surface area (TPSA) is 0 Å². The summed E-state index contributed by atoms with van der Waals surface area (Å²) in [7, 11) is 0. The molecule has 0 heterocycles. The van der Waals surface area contributed by atoms with Gasteiger partial charge in [-0.2, -0.15) is 23.3 Å². The van der Waals surface area contributed by atoms with Crippen molar-refractivity contribution < 1.29 is 26.2 Å². The Hall–Kier alpha value is 0.423. The second-order valence-corrected chi connectivity index (χ2v) is 7.59. The monoisotopic (exact) mass is 516 g/mol. The Bertz CT molecular complexity index is 411. The molecule has 0 saturated carbocycles. The fourth-order valence-corrected chi connectivity index (χ4v) is 3.51. The van der Waals surface area contributed by atoms with Gasteiger partial charge < -0.3 is 0 Å². The van der Waals surface area contributed by atoms with Gasteiger partial charge in [0, 0.05) is 0 Å². The molecule has 0 aliphatic heterocycles. The molecule has 166 valence electrons. The van der Waals surface area contributed by atoms with Crippen LogP contribution in [0, 0.1) is 12.2 Å². The molecule has 0 aromatic carbocycles. The summed E-state index contributed by atoms with van der Waals surface area (Å²) in [6.07, 6.45) is 29.4. The van der Waals surface area contributed by atoms with Crippen LogP contribution in [-0.4, -0.2) is 0 Å². The molecule has 2 rings (SSSR count). The van der Waals surface area contributed by atoms with E-state index < -0.39 is 0 Å². The van der Waals surface area contributed by atoms with Gasteiger partial charge in [0.2, 0.25) is 0 Å².